The van der Waals surface area contributed by atoms with Crippen LogP contribution in [0.2, 0.25) is 0 Å². The fourth-order valence-electron chi connectivity index (χ4n) is 2.15. The Hall–Kier alpha value is -0.730. The number of nitrogens with zero attached hydrogens (tertiary/aromatic N) is 2. The van der Waals surface area contributed by atoms with Gasteiger partial charge in [-0.2, -0.15) is 8.42 Å². The zero-order chi connectivity index (χ0) is 14.5. The molecule has 1 amide bonds. The van der Waals surface area contributed by atoms with E-state index in [-0.39, 0.29) is 18.9 Å². The van der Waals surface area contributed by atoms with Crippen LogP contribution in [-0.4, -0.2) is 69.1 Å². The molecule has 8 heteroatoms. The van der Waals surface area contributed by atoms with E-state index in [2.05, 4.69) is 4.90 Å². The SMILES string of the molecule is CN(CCCN)CCCN1CC(S(=O)(=O)F)CC1=O. The van der Waals surface area contributed by atoms with Crippen LogP contribution in [-0.2, 0) is 15.0 Å². The number of nitrogens with two attached hydrogens (primary N) is 1. The van der Waals surface area contributed by atoms with Crippen molar-refractivity contribution in [3.63, 3.8) is 0 Å². The van der Waals surface area contributed by atoms with Crippen molar-refractivity contribution < 1.29 is 17.1 Å². The maximum absolute atomic E-state index is 12.8. The molecule has 0 saturated carbocycles. The number of hydrogen-bond donors (Lipinski definition) is 1. The molecule has 0 aliphatic carbocycles. The predicted molar refractivity (Wildman–Crippen MR) is 70.8 cm³/mol. The Kier molecular flexibility index (Phi) is 6.15. The van der Waals surface area contributed by atoms with Gasteiger partial charge in [-0.3, -0.25) is 4.79 Å². The van der Waals surface area contributed by atoms with Crippen LogP contribution < -0.4 is 5.73 Å². The summed E-state index contributed by atoms with van der Waals surface area (Å²) < 4.78 is 34.3. The minimum Gasteiger partial charge on any atom is -0.341 e. The molecule has 112 valence electrons. The van der Waals surface area contributed by atoms with Gasteiger partial charge in [0.05, 0.1) is 0 Å². The van der Waals surface area contributed by atoms with Crippen LogP contribution in [0.15, 0.2) is 0 Å². The van der Waals surface area contributed by atoms with Gasteiger partial charge >= 0.3 is 10.2 Å². The minimum absolute atomic E-state index is 0.0236. The average molecular weight is 295 g/mol. The van der Waals surface area contributed by atoms with E-state index in [9.17, 15) is 17.1 Å². The summed E-state index contributed by atoms with van der Waals surface area (Å²) in [5.74, 6) is -0.282. The Bertz CT molecular complexity index is 402. The van der Waals surface area contributed by atoms with Gasteiger partial charge in [-0.15, -0.1) is 3.89 Å². The summed E-state index contributed by atoms with van der Waals surface area (Å²) in [6.45, 7) is 2.79. The van der Waals surface area contributed by atoms with Crippen LogP contribution in [0.3, 0.4) is 0 Å². The van der Waals surface area contributed by atoms with Gasteiger partial charge < -0.3 is 15.5 Å². The first-order valence-electron chi connectivity index (χ1n) is 6.44. The lowest BCUT2D eigenvalue weighted by Crippen LogP contribution is -2.31. The first-order chi connectivity index (χ1) is 8.84. The lowest BCUT2D eigenvalue weighted by molar-refractivity contribution is -0.127. The Morgan fingerprint density at radius 2 is 2.05 bits per heavy atom. The molecule has 6 nitrogen and oxygen atoms in total. The van der Waals surface area contributed by atoms with E-state index in [4.69, 9.17) is 5.73 Å². The second kappa shape index (κ2) is 7.16. The number of rotatable bonds is 8. The van der Waals surface area contributed by atoms with Crippen molar-refractivity contribution >= 4 is 16.1 Å². The van der Waals surface area contributed by atoms with E-state index in [1.54, 1.807) is 0 Å². The number of amides is 1. The number of carbonyl (C=O) groups is 1. The Morgan fingerprint density at radius 3 is 2.58 bits per heavy atom. The van der Waals surface area contributed by atoms with E-state index in [0.29, 0.717) is 13.1 Å². The fraction of sp³-hybridized carbons (Fsp3) is 0.909. The molecule has 1 unspecified atom stereocenters. The normalized spacial score (nSPS) is 20.5. The van der Waals surface area contributed by atoms with Gasteiger partial charge in [-0.25, -0.2) is 0 Å². The highest BCUT2D eigenvalue weighted by atomic mass is 32.3. The van der Waals surface area contributed by atoms with Crippen molar-refractivity contribution in [1.82, 2.24) is 9.80 Å². The molecule has 0 aromatic carbocycles. The van der Waals surface area contributed by atoms with Crippen LogP contribution in [0, 0.1) is 0 Å². The quantitative estimate of drug-likeness (QED) is 0.614. The summed E-state index contributed by atoms with van der Waals surface area (Å²) in [4.78, 5) is 15.1. The Morgan fingerprint density at radius 1 is 1.42 bits per heavy atom. The maximum Gasteiger partial charge on any atom is 0.307 e. The molecule has 2 N–H and O–H groups in total. The average Bonchev–Trinajstić information content (AvgIpc) is 2.68. The molecule has 1 rings (SSSR count). The van der Waals surface area contributed by atoms with Gasteiger partial charge in [-0.05, 0) is 39.5 Å². The Labute approximate surface area is 113 Å². The van der Waals surface area contributed by atoms with Crippen molar-refractivity contribution in [3.8, 4) is 0 Å². The van der Waals surface area contributed by atoms with E-state index < -0.39 is 15.5 Å². The third-order valence-electron chi connectivity index (χ3n) is 3.29. The summed E-state index contributed by atoms with van der Waals surface area (Å²) >= 11 is 0. The van der Waals surface area contributed by atoms with E-state index in [1.165, 1.54) is 4.90 Å². The first kappa shape index (κ1) is 16.3. The van der Waals surface area contributed by atoms with Crippen LogP contribution >= 0.6 is 0 Å². The summed E-state index contributed by atoms with van der Waals surface area (Å²) in [5, 5.41) is -1.19. The fourth-order valence-corrected chi connectivity index (χ4v) is 2.84. The lowest BCUT2D eigenvalue weighted by Gasteiger charge is -2.19. The second-order valence-electron chi connectivity index (χ2n) is 4.94. The zero-order valence-electron chi connectivity index (χ0n) is 11.2. The maximum atomic E-state index is 12.8. The monoisotopic (exact) mass is 295 g/mol. The van der Waals surface area contributed by atoms with Crippen LogP contribution in [0.25, 0.3) is 0 Å². The summed E-state index contributed by atoms with van der Waals surface area (Å²) in [6.07, 6.45) is 1.43. The highest BCUT2D eigenvalue weighted by Gasteiger charge is 2.37. The smallest absolute Gasteiger partial charge is 0.307 e. The largest absolute Gasteiger partial charge is 0.341 e. The number of carbonyl (C=O) groups excluding carboxylic acids is 1. The summed E-state index contributed by atoms with van der Waals surface area (Å²) in [7, 11) is -2.64. The lowest BCUT2D eigenvalue weighted by atomic mass is 10.3. The van der Waals surface area contributed by atoms with Crippen molar-refractivity contribution in [2.24, 2.45) is 5.73 Å². The molecule has 1 aliphatic rings. The molecule has 0 aromatic heterocycles. The molecule has 1 atom stereocenters. The summed E-state index contributed by atoms with van der Waals surface area (Å²) in [6, 6.07) is 0. The highest BCUT2D eigenvalue weighted by Crippen LogP contribution is 2.19. The number of halogens is 1. The van der Waals surface area contributed by atoms with E-state index in [1.807, 2.05) is 7.05 Å². The third-order valence-corrected chi connectivity index (χ3v) is 4.40. The standard InChI is InChI=1S/C11H22FN3O3S/c1-14(5-2-4-13)6-3-7-15-9-10(8-11(15)16)19(12,17)18/h10H,2-9,13H2,1H3. The molecular weight excluding hydrogens is 273 g/mol. The van der Waals surface area contributed by atoms with Crippen molar-refractivity contribution in [2.75, 3.05) is 39.8 Å². The molecule has 1 saturated heterocycles. The van der Waals surface area contributed by atoms with Gasteiger partial charge in [0, 0.05) is 19.5 Å². The van der Waals surface area contributed by atoms with Crippen molar-refractivity contribution in [2.45, 2.75) is 24.5 Å². The molecule has 19 heavy (non-hydrogen) atoms. The number of hydrogen-bond acceptors (Lipinski definition) is 5. The Balaban J connectivity index is 2.29. The first-order valence-corrected chi connectivity index (χ1v) is 7.89. The molecule has 0 aromatic rings. The van der Waals surface area contributed by atoms with Gasteiger partial charge in [0.15, 0.2) is 0 Å². The van der Waals surface area contributed by atoms with Gasteiger partial charge in [-0.1, -0.05) is 0 Å². The van der Waals surface area contributed by atoms with Crippen LogP contribution in [0.1, 0.15) is 19.3 Å². The van der Waals surface area contributed by atoms with E-state index in [0.717, 1.165) is 25.9 Å². The minimum atomic E-state index is -4.61. The molecule has 1 aliphatic heterocycles. The van der Waals surface area contributed by atoms with Crippen LogP contribution in [0.5, 0.6) is 0 Å². The number of likely N-dealkylation sites (tertiary alicyclic amines) is 1. The molecule has 0 spiro atoms. The molecule has 1 heterocycles. The zero-order valence-corrected chi connectivity index (χ0v) is 12.0. The molecule has 0 bridgehead atoms. The molecule has 1 fully saturated rings. The van der Waals surface area contributed by atoms with Crippen molar-refractivity contribution in [3.05, 3.63) is 0 Å². The van der Waals surface area contributed by atoms with Crippen molar-refractivity contribution in [1.29, 1.82) is 0 Å². The highest BCUT2D eigenvalue weighted by molar-refractivity contribution is 7.87. The summed E-state index contributed by atoms with van der Waals surface area (Å²) in [5.41, 5.74) is 5.41. The third kappa shape index (κ3) is 5.42. The second-order valence-corrected chi connectivity index (χ2v) is 6.56. The van der Waals surface area contributed by atoms with Gasteiger partial charge in [0.25, 0.3) is 0 Å². The van der Waals surface area contributed by atoms with E-state index >= 15 is 0 Å². The predicted octanol–water partition coefficient (Wildman–Crippen LogP) is -0.443. The molecular formula is C11H22FN3O3S. The van der Waals surface area contributed by atoms with Gasteiger partial charge in [0.2, 0.25) is 5.91 Å². The molecule has 0 radical (unpaired) electrons. The van der Waals surface area contributed by atoms with Crippen LogP contribution in [0.4, 0.5) is 3.89 Å². The topological polar surface area (TPSA) is 83.7 Å². The van der Waals surface area contributed by atoms with Gasteiger partial charge in [0.1, 0.15) is 5.25 Å².